The molecule has 0 heterocycles. The highest BCUT2D eigenvalue weighted by atomic mass is 16.7. The number of amides is 2. The lowest BCUT2D eigenvalue weighted by molar-refractivity contribution is -0.0323. The number of ether oxygens (including phenoxy) is 5. The fourth-order valence-electron chi connectivity index (χ4n) is 1.44. The molecular formula is C15H28N2O8. The zero-order chi connectivity index (χ0) is 18.9. The van der Waals surface area contributed by atoms with E-state index in [1.807, 2.05) is 6.92 Å². The van der Waals surface area contributed by atoms with Crippen molar-refractivity contribution >= 4 is 18.3 Å². The molecule has 0 aliphatic carbocycles. The van der Waals surface area contributed by atoms with E-state index in [4.69, 9.17) is 23.7 Å². The summed E-state index contributed by atoms with van der Waals surface area (Å²) in [4.78, 5) is 34.2. The first-order valence-electron chi connectivity index (χ1n) is 8.25. The number of hydrogen-bond donors (Lipinski definition) is 2. The number of nitrogens with one attached hydrogen (secondary N) is 2. The second-order valence-electron chi connectivity index (χ2n) is 4.71. The van der Waals surface area contributed by atoms with E-state index < -0.39 is 24.4 Å². The van der Waals surface area contributed by atoms with Crippen molar-refractivity contribution in [3.63, 3.8) is 0 Å². The third-order valence-electron chi connectivity index (χ3n) is 2.50. The summed E-state index contributed by atoms with van der Waals surface area (Å²) in [5.74, 6) is 0. The van der Waals surface area contributed by atoms with Gasteiger partial charge in [-0.15, -0.1) is 0 Å². The maximum atomic E-state index is 11.6. The molecule has 0 aliphatic rings. The second kappa shape index (κ2) is 15.3. The van der Waals surface area contributed by atoms with Crippen LogP contribution in [0.4, 0.5) is 14.4 Å². The largest absolute Gasteiger partial charge is 0.508 e. The van der Waals surface area contributed by atoms with Gasteiger partial charge in [-0.05, 0) is 20.3 Å². The highest BCUT2D eigenvalue weighted by molar-refractivity contribution is 5.67. The van der Waals surface area contributed by atoms with E-state index in [2.05, 4.69) is 10.6 Å². The van der Waals surface area contributed by atoms with Crippen molar-refractivity contribution in [2.45, 2.75) is 33.3 Å². The Bertz CT molecular complexity index is 370. The average molecular weight is 364 g/mol. The predicted octanol–water partition coefficient (Wildman–Crippen LogP) is 1.43. The molecule has 0 aromatic heterocycles. The number of alkyl carbamates (subject to hydrolysis) is 2. The Balaban J connectivity index is 4.27. The summed E-state index contributed by atoms with van der Waals surface area (Å²) in [7, 11) is 0. The van der Waals surface area contributed by atoms with Crippen molar-refractivity contribution in [3.8, 4) is 0 Å². The lowest BCUT2D eigenvalue weighted by atomic mass is 10.4. The van der Waals surface area contributed by atoms with E-state index >= 15 is 0 Å². The highest BCUT2D eigenvalue weighted by Gasteiger charge is 2.20. The number of rotatable bonds is 12. The van der Waals surface area contributed by atoms with E-state index in [0.717, 1.165) is 6.42 Å². The molecule has 2 amide bonds. The van der Waals surface area contributed by atoms with Crippen LogP contribution in [0.15, 0.2) is 0 Å². The predicted molar refractivity (Wildman–Crippen MR) is 87.4 cm³/mol. The zero-order valence-corrected chi connectivity index (χ0v) is 15.0. The molecule has 0 spiro atoms. The van der Waals surface area contributed by atoms with Gasteiger partial charge in [0, 0.05) is 19.7 Å². The molecule has 0 radical (unpaired) electrons. The topological polar surface area (TPSA) is 121 Å². The molecular weight excluding hydrogens is 336 g/mol. The summed E-state index contributed by atoms with van der Waals surface area (Å²) in [5.41, 5.74) is 0. The van der Waals surface area contributed by atoms with Crippen molar-refractivity contribution in [1.29, 1.82) is 0 Å². The Kier molecular flexibility index (Phi) is 13.9. The molecule has 2 N–H and O–H groups in total. The summed E-state index contributed by atoms with van der Waals surface area (Å²) in [5, 5.41) is 4.85. The van der Waals surface area contributed by atoms with Crippen molar-refractivity contribution in [2.75, 3.05) is 46.1 Å². The van der Waals surface area contributed by atoms with Gasteiger partial charge in [0.2, 0.25) is 0 Å². The summed E-state index contributed by atoms with van der Waals surface area (Å²) in [6.07, 6.45) is -2.44. The minimum Gasteiger partial charge on any atom is -0.445 e. The highest BCUT2D eigenvalue weighted by Crippen LogP contribution is 2.00. The van der Waals surface area contributed by atoms with Crippen LogP contribution in [0.3, 0.4) is 0 Å². The van der Waals surface area contributed by atoms with Crippen LogP contribution in [0.1, 0.15) is 27.2 Å². The van der Waals surface area contributed by atoms with Crippen LogP contribution in [0.25, 0.3) is 0 Å². The quantitative estimate of drug-likeness (QED) is 0.303. The lowest BCUT2D eigenvalue weighted by Crippen LogP contribution is -2.35. The van der Waals surface area contributed by atoms with Crippen LogP contribution >= 0.6 is 0 Å². The first-order valence-corrected chi connectivity index (χ1v) is 8.25. The van der Waals surface area contributed by atoms with E-state index in [-0.39, 0.29) is 26.4 Å². The second-order valence-corrected chi connectivity index (χ2v) is 4.71. The molecule has 0 atom stereocenters. The van der Waals surface area contributed by atoms with E-state index in [1.54, 1.807) is 13.8 Å². The maximum absolute atomic E-state index is 11.6. The van der Waals surface area contributed by atoms with Gasteiger partial charge in [-0.1, -0.05) is 6.92 Å². The van der Waals surface area contributed by atoms with E-state index in [1.165, 1.54) is 0 Å². The molecule has 10 nitrogen and oxygen atoms in total. The van der Waals surface area contributed by atoms with Crippen molar-refractivity contribution in [3.05, 3.63) is 0 Å². The number of carbonyl (C=O) groups is 3. The van der Waals surface area contributed by atoms with E-state index in [9.17, 15) is 14.4 Å². The van der Waals surface area contributed by atoms with Gasteiger partial charge in [-0.25, -0.2) is 14.4 Å². The Morgan fingerprint density at radius 1 is 0.800 bits per heavy atom. The molecule has 0 saturated heterocycles. The standard InChI is InChI=1S/C15H28N2O8/c1-4-7-21-8-9-22-15(20)25-12(10-23-13(18)16-5-2)11-24-14(19)17-6-3/h12H,4-11H2,1-3H3,(H,16,18)(H,17,19). The van der Waals surface area contributed by atoms with E-state index in [0.29, 0.717) is 19.7 Å². The van der Waals surface area contributed by atoms with Crippen molar-refractivity contribution < 1.29 is 38.1 Å². The van der Waals surface area contributed by atoms with Gasteiger partial charge in [0.15, 0.2) is 6.10 Å². The monoisotopic (exact) mass is 364 g/mol. The van der Waals surface area contributed by atoms with Crippen LogP contribution in [-0.4, -0.2) is 70.6 Å². The Morgan fingerprint density at radius 3 is 1.84 bits per heavy atom. The molecule has 25 heavy (non-hydrogen) atoms. The normalized spacial score (nSPS) is 10.1. The van der Waals surface area contributed by atoms with Gasteiger partial charge >= 0.3 is 18.3 Å². The molecule has 0 rings (SSSR count). The molecule has 0 saturated carbocycles. The average Bonchev–Trinajstić information content (AvgIpc) is 2.57. The first-order chi connectivity index (χ1) is 12.0. The van der Waals surface area contributed by atoms with Crippen LogP contribution in [0, 0.1) is 0 Å². The van der Waals surface area contributed by atoms with Crippen LogP contribution in [0.2, 0.25) is 0 Å². The van der Waals surface area contributed by atoms with Crippen molar-refractivity contribution in [1.82, 2.24) is 10.6 Å². The first kappa shape index (κ1) is 22.8. The molecule has 0 bridgehead atoms. The summed E-state index contributed by atoms with van der Waals surface area (Å²) in [6, 6.07) is 0. The number of carbonyl (C=O) groups excluding carboxylic acids is 3. The summed E-state index contributed by atoms with van der Waals surface area (Å²) < 4.78 is 24.7. The molecule has 0 fully saturated rings. The molecule has 0 aromatic carbocycles. The molecule has 0 aromatic rings. The van der Waals surface area contributed by atoms with Crippen LogP contribution < -0.4 is 10.6 Å². The van der Waals surface area contributed by atoms with Crippen LogP contribution in [0.5, 0.6) is 0 Å². The van der Waals surface area contributed by atoms with Gasteiger partial charge in [0.25, 0.3) is 0 Å². The Hall–Kier alpha value is -2.23. The fourth-order valence-corrected chi connectivity index (χ4v) is 1.44. The Morgan fingerprint density at radius 2 is 1.36 bits per heavy atom. The minimum atomic E-state index is -0.991. The maximum Gasteiger partial charge on any atom is 0.508 e. The molecule has 0 aliphatic heterocycles. The molecule has 146 valence electrons. The Labute approximate surface area is 147 Å². The fraction of sp³-hybridized carbons (Fsp3) is 0.800. The third-order valence-corrected chi connectivity index (χ3v) is 2.50. The van der Waals surface area contributed by atoms with Gasteiger partial charge in [-0.3, -0.25) is 0 Å². The molecule has 10 heteroatoms. The van der Waals surface area contributed by atoms with Gasteiger partial charge < -0.3 is 34.3 Å². The van der Waals surface area contributed by atoms with Crippen LogP contribution in [-0.2, 0) is 23.7 Å². The number of hydrogen-bond acceptors (Lipinski definition) is 8. The zero-order valence-electron chi connectivity index (χ0n) is 15.0. The third kappa shape index (κ3) is 13.9. The van der Waals surface area contributed by atoms with Crippen molar-refractivity contribution in [2.24, 2.45) is 0 Å². The smallest absolute Gasteiger partial charge is 0.445 e. The lowest BCUT2D eigenvalue weighted by Gasteiger charge is -2.18. The summed E-state index contributed by atoms with van der Waals surface area (Å²) >= 11 is 0. The van der Waals surface area contributed by atoms with Gasteiger partial charge in [-0.2, -0.15) is 0 Å². The van der Waals surface area contributed by atoms with Gasteiger partial charge in [0.05, 0.1) is 6.61 Å². The molecule has 0 unspecified atom stereocenters. The minimum absolute atomic E-state index is 0.0277. The summed E-state index contributed by atoms with van der Waals surface area (Å²) in [6.45, 7) is 6.47. The van der Waals surface area contributed by atoms with Gasteiger partial charge in [0.1, 0.15) is 19.8 Å². The SMILES string of the molecule is CCCOCCOC(=O)OC(COC(=O)NCC)COC(=O)NCC.